The van der Waals surface area contributed by atoms with Crippen molar-refractivity contribution in [1.82, 2.24) is 20.1 Å². The van der Waals surface area contributed by atoms with Crippen molar-refractivity contribution in [3.8, 4) is 5.82 Å². The first kappa shape index (κ1) is 22.4. The Morgan fingerprint density at radius 2 is 1.67 bits per heavy atom. The molecule has 0 saturated carbocycles. The van der Waals surface area contributed by atoms with E-state index in [1.165, 1.54) is 0 Å². The van der Waals surface area contributed by atoms with Crippen molar-refractivity contribution in [2.45, 2.75) is 39.5 Å². The lowest BCUT2D eigenvalue weighted by molar-refractivity contribution is 0.0946. The van der Waals surface area contributed by atoms with Gasteiger partial charge in [0.05, 0.1) is 30.7 Å². The molecule has 2 aromatic heterocycles. The highest BCUT2D eigenvalue weighted by Crippen LogP contribution is 2.22. The zero-order valence-corrected chi connectivity index (χ0v) is 18.9. The molecule has 0 aliphatic rings. The topological polar surface area (TPSA) is 69.0 Å². The molecule has 0 fully saturated rings. The van der Waals surface area contributed by atoms with E-state index >= 15 is 0 Å². The van der Waals surface area contributed by atoms with Gasteiger partial charge >= 0.3 is 0 Å². The normalized spacial score (nSPS) is 11.0. The number of aromatic nitrogens is 3. The van der Waals surface area contributed by atoms with Gasteiger partial charge in [-0.1, -0.05) is 74.5 Å². The van der Waals surface area contributed by atoms with Crippen LogP contribution in [0.1, 0.15) is 52.5 Å². The number of carbonyl (C=O) groups is 1. The Bertz CT molecular complexity index is 1190. The van der Waals surface area contributed by atoms with Crippen molar-refractivity contribution in [3.05, 3.63) is 113 Å². The summed E-state index contributed by atoms with van der Waals surface area (Å²) in [4.78, 5) is 17.5. The maximum absolute atomic E-state index is 13.1. The molecule has 0 aliphatic carbocycles. The van der Waals surface area contributed by atoms with Gasteiger partial charge in [0.25, 0.3) is 5.91 Å². The Morgan fingerprint density at radius 1 is 0.939 bits per heavy atom. The third-order valence-corrected chi connectivity index (χ3v) is 5.39. The molecule has 0 unspecified atom stereocenters. The predicted octanol–water partition coefficient (Wildman–Crippen LogP) is 5.04. The Labute approximate surface area is 194 Å². The molecule has 168 valence electrons. The molecule has 0 atom stereocenters. The number of amides is 1. The van der Waals surface area contributed by atoms with E-state index in [1.54, 1.807) is 17.1 Å². The number of pyridine rings is 1. The van der Waals surface area contributed by atoms with E-state index < -0.39 is 0 Å². The predicted molar refractivity (Wildman–Crippen MR) is 128 cm³/mol. The van der Waals surface area contributed by atoms with Gasteiger partial charge in [-0.25, -0.2) is 9.67 Å². The fraction of sp³-hybridized carbons (Fsp3) is 0.222. The molecule has 0 saturated heterocycles. The number of nitrogens with one attached hydrogen (secondary N) is 1. The molecule has 1 N–H and O–H groups in total. The lowest BCUT2D eigenvalue weighted by atomic mass is 10.0. The number of hydrogen-bond donors (Lipinski definition) is 1. The number of nitrogens with zero attached hydrogens (tertiary/aromatic N) is 3. The summed E-state index contributed by atoms with van der Waals surface area (Å²) in [5, 5.41) is 7.50. The van der Waals surface area contributed by atoms with E-state index in [1.807, 2.05) is 86.6 Å². The van der Waals surface area contributed by atoms with Gasteiger partial charge in [-0.2, -0.15) is 5.10 Å². The van der Waals surface area contributed by atoms with Crippen LogP contribution in [0.4, 0.5) is 0 Å². The standard InChI is InChI=1S/C27H28N4O2/c1-20(2)26-24(17-30-31(26)25-14-8-9-15-28-25)27(32)29-16-22-12-6-7-13-23(22)19-33-18-21-10-4-3-5-11-21/h3-15,17,20H,16,18-19H2,1-2H3,(H,29,32). The van der Waals surface area contributed by atoms with E-state index in [-0.39, 0.29) is 11.8 Å². The Kier molecular flexibility index (Phi) is 7.27. The van der Waals surface area contributed by atoms with Crippen LogP contribution in [0.5, 0.6) is 0 Å². The Hall–Kier alpha value is -3.77. The first-order chi connectivity index (χ1) is 16.1. The zero-order valence-electron chi connectivity index (χ0n) is 18.9. The van der Waals surface area contributed by atoms with Gasteiger partial charge in [-0.15, -0.1) is 0 Å². The van der Waals surface area contributed by atoms with Crippen LogP contribution in [0.25, 0.3) is 5.82 Å². The molecule has 33 heavy (non-hydrogen) atoms. The third-order valence-electron chi connectivity index (χ3n) is 5.39. The summed E-state index contributed by atoms with van der Waals surface area (Å²) >= 11 is 0. The van der Waals surface area contributed by atoms with Crippen LogP contribution in [-0.4, -0.2) is 20.7 Å². The van der Waals surface area contributed by atoms with Gasteiger partial charge in [-0.3, -0.25) is 4.79 Å². The van der Waals surface area contributed by atoms with E-state index in [0.717, 1.165) is 22.4 Å². The highest BCUT2D eigenvalue weighted by Gasteiger charge is 2.21. The van der Waals surface area contributed by atoms with E-state index in [0.29, 0.717) is 31.1 Å². The highest BCUT2D eigenvalue weighted by molar-refractivity contribution is 5.95. The molecule has 6 heteroatoms. The van der Waals surface area contributed by atoms with Gasteiger partial charge < -0.3 is 10.1 Å². The van der Waals surface area contributed by atoms with Crippen molar-refractivity contribution in [1.29, 1.82) is 0 Å². The molecule has 4 aromatic rings. The second kappa shape index (κ2) is 10.7. The molecule has 0 radical (unpaired) electrons. The minimum Gasteiger partial charge on any atom is -0.372 e. The maximum Gasteiger partial charge on any atom is 0.255 e. The van der Waals surface area contributed by atoms with Crippen molar-refractivity contribution >= 4 is 5.91 Å². The molecule has 2 heterocycles. The summed E-state index contributed by atoms with van der Waals surface area (Å²) in [6.07, 6.45) is 3.34. The Balaban J connectivity index is 1.44. The largest absolute Gasteiger partial charge is 0.372 e. The first-order valence-corrected chi connectivity index (χ1v) is 11.1. The SMILES string of the molecule is CC(C)c1c(C(=O)NCc2ccccc2COCc2ccccc2)cnn1-c1ccccn1. The van der Waals surface area contributed by atoms with Crippen LogP contribution in [0.15, 0.2) is 85.2 Å². The monoisotopic (exact) mass is 440 g/mol. The molecular formula is C27H28N4O2. The van der Waals surface area contributed by atoms with Crippen molar-refractivity contribution < 1.29 is 9.53 Å². The zero-order chi connectivity index (χ0) is 23.0. The third kappa shape index (κ3) is 5.54. The van der Waals surface area contributed by atoms with Crippen LogP contribution in [0.2, 0.25) is 0 Å². The summed E-state index contributed by atoms with van der Waals surface area (Å²) in [5.74, 6) is 0.649. The van der Waals surface area contributed by atoms with Crippen LogP contribution in [-0.2, 0) is 24.5 Å². The lowest BCUT2D eigenvalue weighted by Crippen LogP contribution is -2.25. The van der Waals surface area contributed by atoms with Crippen LogP contribution >= 0.6 is 0 Å². The molecule has 6 nitrogen and oxygen atoms in total. The molecule has 4 rings (SSSR count). The minimum absolute atomic E-state index is 0.105. The van der Waals surface area contributed by atoms with Gasteiger partial charge in [-0.05, 0) is 34.7 Å². The quantitative estimate of drug-likeness (QED) is 0.396. The molecule has 0 aliphatic heterocycles. The van der Waals surface area contributed by atoms with Crippen molar-refractivity contribution in [2.75, 3.05) is 0 Å². The summed E-state index contributed by atoms with van der Waals surface area (Å²) in [7, 11) is 0. The number of hydrogen-bond acceptors (Lipinski definition) is 4. The fourth-order valence-electron chi connectivity index (χ4n) is 3.74. The molecule has 1 amide bonds. The number of ether oxygens (including phenoxy) is 1. The molecular weight excluding hydrogens is 412 g/mol. The molecule has 0 spiro atoms. The lowest BCUT2D eigenvalue weighted by Gasteiger charge is -2.14. The van der Waals surface area contributed by atoms with Crippen molar-refractivity contribution in [2.24, 2.45) is 0 Å². The minimum atomic E-state index is -0.152. The van der Waals surface area contributed by atoms with Crippen LogP contribution in [0, 0.1) is 0 Å². The summed E-state index contributed by atoms with van der Waals surface area (Å²) in [6.45, 7) is 5.54. The smallest absolute Gasteiger partial charge is 0.255 e. The van der Waals surface area contributed by atoms with E-state index in [4.69, 9.17) is 4.74 Å². The van der Waals surface area contributed by atoms with Crippen LogP contribution < -0.4 is 5.32 Å². The fourth-order valence-corrected chi connectivity index (χ4v) is 3.74. The number of benzene rings is 2. The van der Waals surface area contributed by atoms with Crippen LogP contribution in [0.3, 0.4) is 0 Å². The second-order valence-corrected chi connectivity index (χ2v) is 8.13. The average Bonchev–Trinajstić information content (AvgIpc) is 3.30. The first-order valence-electron chi connectivity index (χ1n) is 11.1. The van der Waals surface area contributed by atoms with Gasteiger partial charge in [0.15, 0.2) is 5.82 Å². The average molecular weight is 441 g/mol. The van der Waals surface area contributed by atoms with Gasteiger partial charge in [0.2, 0.25) is 0 Å². The van der Waals surface area contributed by atoms with E-state index in [2.05, 4.69) is 15.4 Å². The second-order valence-electron chi connectivity index (χ2n) is 8.13. The molecule has 2 aromatic carbocycles. The van der Waals surface area contributed by atoms with Gasteiger partial charge in [0, 0.05) is 12.7 Å². The maximum atomic E-state index is 13.1. The Morgan fingerprint density at radius 3 is 2.39 bits per heavy atom. The summed E-state index contributed by atoms with van der Waals surface area (Å²) < 4.78 is 7.65. The number of rotatable bonds is 9. The highest BCUT2D eigenvalue weighted by atomic mass is 16.5. The summed E-state index contributed by atoms with van der Waals surface area (Å²) in [5.41, 5.74) is 4.62. The summed E-state index contributed by atoms with van der Waals surface area (Å²) in [6, 6.07) is 23.7. The van der Waals surface area contributed by atoms with Gasteiger partial charge in [0.1, 0.15) is 0 Å². The number of carbonyl (C=O) groups excluding carboxylic acids is 1. The van der Waals surface area contributed by atoms with Crippen molar-refractivity contribution in [3.63, 3.8) is 0 Å². The molecule has 0 bridgehead atoms. The van der Waals surface area contributed by atoms with E-state index in [9.17, 15) is 4.79 Å².